The van der Waals surface area contributed by atoms with Gasteiger partial charge in [-0.2, -0.15) is 0 Å². The minimum atomic E-state index is -4.64. The lowest BCUT2D eigenvalue weighted by Crippen LogP contribution is -2.47. The van der Waals surface area contributed by atoms with Crippen LogP contribution >= 0.6 is 0 Å². The second-order valence-electron chi connectivity index (χ2n) is 8.80. The van der Waals surface area contributed by atoms with Crippen molar-refractivity contribution in [2.24, 2.45) is 11.8 Å². The number of carbonyl (C=O) groups excluding carboxylic acids is 2. The largest absolute Gasteiger partial charge is 0.522 e. The molecule has 4 atom stereocenters. The fourth-order valence-electron chi connectivity index (χ4n) is 4.93. The number of hydrogen-bond donors (Lipinski definition) is 2. The molecule has 2 N–H and O–H groups in total. The summed E-state index contributed by atoms with van der Waals surface area (Å²) in [4.78, 5) is 24.3. The van der Waals surface area contributed by atoms with Gasteiger partial charge in [-0.1, -0.05) is 30.3 Å². The summed E-state index contributed by atoms with van der Waals surface area (Å²) in [5, 5.41) is 5.90. The van der Waals surface area contributed by atoms with Gasteiger partial charge in [0, 0.05) is 24.9 Å². The van der Waals surface area contributed by atoms with Crippen LogP contribution in [0.4, 0.5) is 18.0 Å². The second kappa shape index (κ2) is 9.66. The molecule has 0 unspecified atom stereocenters. The maximum Gasteiger partial charge on any atom is 0.522 e. The molecule has 0 aliphatic heterocycles. The number of alkyl carbamates (subject to hydrolysis) is 1. The first-order valence-corrected chi connectivity index (χ1v) is 10.9. The summed E-state index contributed by atoms with van der Waals surface area (Å²) in [6, 6.07) is 9.51. The van der Waals surface area contributed by atoms with Crippen molar-refractivity contribution in [1.82, 2.24) is 10.6 Å². The molecular weight excluding hydrogens is 429 g/mol. The normalized spacial score (nSPS) is 31.1. The molecule has 7 nitrogen and oxygen atoms in total. The van der Waals surface area contributed by atoms with E-state index in [0.29, 0.717) is 0 Å². The molecule has 2 bridgehead atoms. The van der Waals surface area contributed by atoms with E-state index >= 15 is 0 Å². The number of benzene rings is 1. The molecule has 32 heavy (non-hydrogen) atoms. The van der Waals surface area contributed by atoms with Crippen molar-refractivity contribution in [3.63, 3.8) is 0 Å². The van der Waals surface area contributed by atoms with Crippen LogP contribution < -0.4 is 10.6 Å². The van der Waals surface area contributed by atoms with Gasteiger partial charge in [-0.3, -0.25) is 9.53 Å². The van der Waals surface area contributed by atoms with E-state index in [9.17, 15) is 22.8 Å². The second-order valence-corrected chi connectivity index (χ2v) is 8.80. The number of halogens is 3. The first kappa shape index (κ1) is 22.8. The van der Waals surface area contributed by atoms with Gasteiger partial charge in [0.25, 0.3) is 0 Å². The molecule has 10 heteroatoms. The van der Waals surface area contributed by atoms with E-state index < -0.39 is 18.6 Å². The number of fused-ring (bicyclic) bond motifs is 2. The molecule has 176 valence electrons. The highest BCUT2D eigenvalue weighted by molar-refractivity contribution is 5.77. The van der Waals surface area contributed by atoms with Crippen molar-refractivity contribution in [1.29, 1.82) is 0 Å². The van der Waals surface area contributed by atoms with Crippen LogP contribution in [0.3, 0.4) is 0 Å². The Labute approximate surface area is 184 Å². The average Bonchev–Trinajstić information content (AvgIpc) is 3.28. The van der Waals surface area contributed by atoms with Crippen LogP contribution in [-0.2, 0) is 25.6 Å². The zero-order chi connectivity index (χ0) is 22.7. The Hall–Kier alpha value is -2.33. The summed E-state index contributed by atoms with van der Waals surface area (Å²) in [5.41, 5.74) is 0.922. The van der Waals surface area contributed by atoms with Gasteiger partial charge in [0.1, 0.15) is 13.2 Å². The highest BCUT2D eigenvalue weighted by atomic mass is 19.4. The SMILES string of the molecule is O=C(CO[C@H]1C[C@@H](OC(F)(F)F)C1)N[C@H]1C[C@H]2C[C@@H]1C[C@@H]2NC(=O)OCc1ccccc1. The molecule has 1 aromatic carbocycles. The maximum absolute atomic E-state index is 12.2. The average molecular weight is 456 g/mol. The van der Waals surface area contributed by atoms with Crippen LogP contribution in [0.25, 0.3) is 0 Å². The summed E-state index contributed by atoms with van der Waals surface area (Å²) in [6.45, 7) is 0.0427. The van der Waals surface area contributed by atoms with Gasteiger partial charge in [0.2, 0.25) is 5.91 Å². The zero-order valence-electron chi connectivity index (χ0n) is 17.5. The summed E-state index contributed by atoms with van der Waals surface area (Å²) < 4.78 is 50.9. The van der Waals surface area contributed by atoms with Crippen molar-refractivity contribution < 1.29 is 37.0 Å². The summed E-state index contributed by atoms with van der Waals surface area (Å²) in [6.07, 6.45) is -3.62. The van der Waals surface area contributed by atoms with Crippen LogP contribution in [0, 0.1) is 11.8 Å². The van der Waals surface area contributed by atoms with Crippen LogP contribution in [0.15, 0.2) is 30.3 Å². The molecule has 2 amide bonds. The van der Waals surface area contributed by atoms with E-state index in [1.165, 1.54) is 0 Å². The quantitative estimate of drug-likeness (QED) is 0.627. The number of carbonyl (C=O) groups is 2. The van der Waals surface area contributed by atoms with E-state index in [-0.39, 0.29) is 62.0 Å². The lowest BCUT2D eigenvalue weighted by Gasteiger charge is -2.35. The molecule has 1 aromatic rings. The predicted octanol–water partition coefficient (Wildman–Crippen LogP) is 3.28. The number of amides is 2. The Morgan fingerprint density at radius 1 is 0.906 bits per heavy atom. The predicted molar refractivity (Wildman–Crippen MR) is 106 cm³/mol. The summed E-state index contributed by atoms with van der Waals surface area (Å²) in [7, 11) is 0. The van der Waals surface area contributed by atoms with Crippen molar-refractivity contribution in [3.05, 3.63) is 35.9 Å². The molecule has 0 aromatic heterocycles. The van der Waals surface area contributed by atoms with Crippen LogP contribution in [0.5, 0.6) is 0 Å². The van der Waals surface area contributed by atoms with E-state index in [1.807, 2.05) is 30.3 Å². The van der Waals surface area contributed by atoms with E-state index in [4.69, 9.17) is 9.47 Å². The number of alkyl halides is 3. The number of nitrogens with one attached hydrogen (secondary N) is 2. The van der Waals surface area contributed by atoms with Crippen LogP contribution in [0.2, 0.25) is 0 Å². The summed E-state index contributed by atoms with van der Waals surface area (Å²) in [5.74, 6) is 0.286. The van der Waals surface area contributed by atoms with Gasteiger partial charge in [-0.25, -0.2) is 4.79 Å². The van der Waals surface area contributed by atoms with E-state index in [1.54, 1.807) is 0 Å². The fraction of sp³-hybridized carbons (Fsp3) is 0.636. The third-order valence-electron chi connectivity index (χ3n) is 6.52. The Kier molecular flexibility index (Phi) is 6.90. The monoisotopic (exact) mass is 456 g/mol. The van der Waals surface area contributed by atoms with E-state index in [0.717, 1.165) is 24.8 Å². The van der Waals surface area contributed by atoms with Crippen molar-refractivity contribution >= 4 is 12.0 Å². The van der Waals surface area contributed by atoms with Crippen LogP contribution in [0.1, 0.15) is 37.7 Å². The molecule has 0 heterocycles. The Bertz CT molecular complexity index is 801. The van der Waals surface area contributed by atoms with Crippen molar-refractivity contribution in [3.8, 4) is 0 Å². The zero-order valence-corrected chi connectivity index (χ0v) is 17.5. The minimum absolute atomic E-state index is 0.0252. The Morgan fingerprint density at radius 2 is 1.56 bits per heavy atom. The molecule has 3 aliphatic carbocycles. The highest BCUT2D eigenvalue weighted by Crippen LogP contribution is 2.44. The molecule has 0 saturated heterocycles. The smallest absolute Gasteiger partial charge is 0.445 e. The third kappa shape index (κ3) is 6.13. The lowest BCUT2D eigenvalue weighted by molar-refractivity contribution is -0.357. The molecular formula is C22H27F3N2O5. The Morgan fingerprint density at radius 3 is 2.19 bits per heavy atom. The fourth-order valence-corrected chi connectivity index (χ4v) is 4.93. The number of rotatable bonds is 8. The van der Waals surface area contributed by atoms with Crippen LogP contribution in [-0.4, -0.2) is 49.3 Å². The maximum atomic E-state index is 12.2. The van der Waals surface area contributed by atoms with Gasteiger partial charge in [-0.05, 0) is 36.7 Å². The molecule has 3 aliphatic rings. The van der Waals surface area contributed by atoms with Gasteiger partial charge in [0.15, 0.2) is 0 Å². The minimum Gasteiger partial charge on any atom is -0.445 e. The topological polar surface area (TPSA) is 85.9 Å². The summed E-state index contributed by atoms with van der Waals surface area (Å²) >= 11 is 0. The molecule has 3 fully saturated rings. The van der Waals surface area contributed by atoms with Gasteiger partial charge in [0.05, 0.1) is 12.2 Å². The third-order valence-corrected chi connectivity index (χ3v) is 6.52. The Balaban J connectivity index is 1.10. The molecule has 0 spiro atoms. The first-order chi connectivity index (χ1) is 15.2. The molecule has 0 radical (unpaired) electrons. The highest BCUT2D eigenvalue weighted by Gasteiger charge is 2.47. The van der Waals surface area contributed by atoms with Gasteiger partial charge >= 0.3 is 12.5 Å². The van der Waals surface area contributed by atoms with Gasteiger partial charge in [-0.15, -0.1) is 13.2 Å². The molecule has 4 rings (SSSR count). The van der Waals surface area contributed by atoms with Gasteiger partial charge < -0.3 is 20.1 Å². The van der Waals surface area contributed by atoms with Crippen molar-refractivity contribution in [2.75, 3.05) is 6.61 Å². The molecule has 3 saturated carbocycles. The standard InChI is InChI=1S/C22H27F3N2O5/c23-22(24,25)32-17-9-16(10-17)30-12-20(28)26-18-7-15-6-14(18)8-19(15)27-21(29)31-11-13-4-2-1-3-5-13/h1-5,14-19H,6-12H2,(H,26,28)(H,27,29)/t14-,15-,16-,17+,18+,19+/m1/s1. The first-order valence-electron chi connectivity index (χ1n) is 10.9. The number of ether oxygens (including phenoxy) is 3. The lowest BCUT2D eigenvalue weighted by atomic mass is 9.91. The number of hydrogen-bond acceptors (Lipinski definition) is 5. The van der Waals surface area contributed by atoms with E-state index in [2.05, 4.69) is 15.4 Å². The van der Waals surface area contributed by atoms with Crippen molar-refractivity contribution in [2.45, 2.75) is 69.4 Å².